The molecular weight excluding hydrogens is 350 g/mol. The van der Waals surface area contributed by atoms with Crippen LogP contribution in [-0.2, 0) is 10.0 Å². The van der Waals surface area contributed by atoms with E-state index in [-0.39, 0.29) is 10.5 Å². The molecule has 5 nitrogen and oxygen atoms in total. The van der Waals surface area contributed by atoms with Gasteiger partial charge in [0.25, 0.3) is 5.91 Å². The SMILES string of the molecule is CCN(CC)S(=O)(=O)c1ccc(C(=O)Nc2c(F)cccc2F)cc1. The summed E-state index contributed by atoms with van der Waals surface area (Å²) in [5, 5.41) is 2.15. The first kappa shape index (κ1) is 19.0. The molecule has 134 valence electrons. The van der Waals surface area contributed by atoms with E-state index in [0.717, 1.165) is 12.1 Å². The summed E-state index contributed by atoms with van der Waals surface area (Å²) in [6.07, 6.45) is 0. The molecule has 0 radical (unpaired) electrons. The number of anilines is 1. The molecule has 0 fully saturated rings. The number of amides is 1. The van der Waals surface area contributed by atoms with Gasteiger partial charge in [0.1, 0.15) is 17.3 Å². The number of hydrogen-bond acceptors (Lipinski definition) is 3. The number of sulfonamides is 1. The van der Waals surface area contributed by atoms with Crippen LogP contribution in [0.15, 0.2) is 47.4 Å². The van der Waals surface area contributed by atoms with Crippen molar-refractivity contribution in [1.29, 1.82) is 0 Å². The van der Waals surface area contributed by atoms with Gasteiger partial charge in [0.15, 0.2) is 0 Å². The van der Waals surface area contributed by atoms with Gasteiger partial charge in [0.2, 0.25) is 10.0 Å². The summed E-state index contributed by atoms with van der Waals surface area (Å²) in [4.78, 5) is 12.2. The van der Waals surface area contributed by atoms with Gasteiger partial charge in [-0.1, -0.05) is 19.9 Å². The Morgan fingerprint density at radius 3 is 2.00 bits per heavy atom. The van der Waals surface area contributed by atoms with Crippen LogP contribution in [0.1, 0.15) is 24.2 Å². The molecule has 0 aliphatic carbocycles. The molecule has 1 amide bonds. The number of para-hydroxylation sites is 1. The maximum absolute atomic E-state index is 13.6. The van der Waals surface area contributed by atoms with Gasteiger partial charge in [-0.25, -0.2) is 17.2 Å². The molecule has 0 atom stereocenters. The normalized spacial score (nSPS) is 11.6. The van der Waals surface area contributed by atoms with E-state index in [1.165, 1.54) is 34.6 Å². The fourth-order valence-corrected chi connectivity index (χ4v) is 3.75. The number of rotatable bonds is 6. The Morgan fingerprint density at radius 2 is 1.52 bits per heavy atom. The van der Waals surface area contributed by atoms with Crippen molar-refractivity contribution in [3.05, 3.63) is 59.7 Å². The lowest BCUT2D eigenvalue weighted by atomic mass is 10.2. The molecule has 0 saturated carbocycles. The second-order valence-corrected chi connectivity index (χ2v) is 7.10. The third kappa shape index (κ3) is 4.02. The largest absolute Gasteiger partial charge is 0.317 e. The van der Waals surface area contributed by atoms with Crippen LogP contribution < -0.4 is 5.32 Å². The highest BCUT2D eigenvalue weighted by molar-refractivity contribution is 7.89. The molecule has 0 aliphatic rings. The molecular formula is C17H18F2N2O3S. The van der Waals surface area contributed by atoms with Crippen LogP contribution in [0.3, 0.4) is 0 Å². The number of halogens is 2. The third-order valence-corrected chi connectivity index (χ3v) is 5.73. The molecule has 0 unspecified atom stereocenters. The summed E-state index contributed by atoms with van der Waals surface area (Å²) in [5.41, 5.74) is -0.464. The quantitative estimate of drug-likeness (QED) is 0.851. The number of benzene rings is 2. The van der Waals surface area contributed by atoms with Gasteiger partial charge >= 0.3 is 0 Å². The average Bonchev–Trinajstić information content (AvgIpc) is 2.59. The number of hydrogen-bond donors (Lipinski definition) is 1. The van der Waals surface area contributed by atoms with Crippen molar-refractivity contribution in [3.63, 3.8) is 0 Å². The van der Waals surface area contributed by atoms with Crippen LogP contribution in [-0.4, -0.2) is 31.7 Å². The summed E-state index contributed by atoms with van der Waals surface area (Å²) in [5.74, 6) is -2.53. The van der Waals surface area contributed by atoms with Gasteiger partial charge < -0.3 is 5.32 Å². The molecule has 8 heteroatoms. The molecule has 0 heterocycles. The first-order valence-electron chi connectivity index (χ1n) is 7.66. The van der Waals surface area contributed by atoms with Crippen LogP contribution >= 0.6 is 0 Å². The van der Waals surface area contributed by atoms with E-state index in [1.54, 1.807) is 13.8 Å². The topological polar surface area (TPSA) is 66.5 Å². The van der Waals surface area contributed by atoms with E-state index in [1.807, 2.05) is 0 Å². The van der Waals surface area contributed by atoms with Gasteiger partial charge in [-0.3, -0.25) is 4.79 Å². The van der Waals surface area contributed by atoms with Gasteiger partial charge in [-0.05, 0) is 36.4 Å². The summed E-state index contributed by atoms with van der Waals surface area (Å²) in [6, 6.07) is 8.42. The van der Waals surface area contributed by atoms with Crippen LogP contribution in [0, 0.1) is 11.6 Å². The highest BCUT2D eigenvalue weighted by atomic mass is 32.2. The van der Waals surface area contributed by atoms with E-state index in [9.17, 15) is 22.0 Å². The average molecular weight is 368 g/mol. The number of carbonyl (C=O) groups is 1. The second kappa shape index (κ2) is 7.71. The van der Waals surface area contributed by atoms with Crippen molar-refractivity contribution in [2.75, 3.05) is 18.4 Å². The summed E-state index contributed by atoms with van der Waals surface area (Å²) >= 11 is 0. The molecule has 2 aromatic carbocycles. The van der Waals surface area contributed by atoms with Crippen molar-refractivity contribution in [2.45, 2.75) is 18.7 Å². The summed E-state index contributed by atoms with van der Waals surface area (Å²) in [7, 11) is -3.63. The van der Waals surface area contributed by atoms with Crippen molar-refractivity contribution < 1.29 is 22.0 Å². The zero-order valence-electron chi connectivity index (χ0n) is 13.8. The first-order chi connectivity index (χ1) is 11.8. The maximum atomic E-state index is 13.6. The van der Waals surface area contributed by atoms with Crippen LogP contribution in [0.25, 0.3) is 0 Å². The Kier molecular flexibility index (Phi) is 5.86. The fourth-order valence-electron chi connectivity index (χ4n) is 2.29. The molecule has 0 saturated heterocycles. The predicted molar refractivity (Wildman–Crippen MR) is 90.9 cm³/mol. The third-order valence-electron chi connectivity index (χ3n) is 3.66. The molecule has 2 aromatic rings. The zero-order chi connectivity index (χ0) is 18.6. The predicted octanol–water partition coefficient (Wildman–Crippen LogP) is 3.25. The highest BCUT2D eigenvalue weighted by Gasteiger charge is 2.22. The van der Waals surface area contributed by atoms with E-state index in [2.05, 4.69) is 5.32 Å². The van der Waals surface area contributed by atoms with E-state index in [4.69, 9.17) is 0 Å². The fraction of sp³-hybridized carbons (Fsp3) is 0.235. The number of nitrogens with zero attached hydrogens (tertiary/aromatic N) is 1. The molecule has 0 aliphatic heterocycles. The van der Waals surface area contributed by atoms with E-state index >= 15 is 0 Å². The summed E-state index contributed by atoms with van der Waals surface area (Å²) in [6.45, 7) is 4.11. The Labute approximate surface area is 145 Å². The summed E-state index contributed by atoms with van der Waals surface area (Å²) < 4.78 is 53.2. The highest BCUT2D eigenvalue weighted by Crippen LogP contribution is 2.20. The van der Waals surface area contributed by atoms with Crippen molar-refractivity contribution in [3.8, 4) is 0 Å². The smallest absolute Gasteiger partial charge is 0.255 e. The van der Waals surface area contributed by atoms with Crippen LogP contribution in [0.4, 0.5) is 14.5 Å². The minimum atomic E-state index is -3.63. The lowest BCUT2D eigenvalue weighted by Crippen LogP contribution is -2.30. The van der Waals surface area contributed by atoms with E-state index < -0.39 is 33.3 Å². The van der Waals surface area contributed by atoms with Crippen molar-refractivity contribution in [2.24, 2.45) is 0 Å². The Morgan fingerprint density at radius 1 is 1.00 bits per heavy atom. The molecule has 2 rings (SSSR count). The standard InChI is InChI=1S/C17H18F2N2O3S/c1-3-21(4-2)25(23,24)13-10-8-12(9-11-13)17(22)20-16-14(18)6-5-7-15(16)19/h5-11H,3-4H2,1-2H3,(H,20,22). The maximum Gasteiger partial charge on any atom is 0.255 e. The zero-order valence-corrected chi connectivity index (χ0v) is 14.6. The monoisotopic (exact) mass is 368 g/mol. The van der Waals surface area contributed by atoms with E-state index in [0.29, 0.717) is 13.1 Å². The lowest BCUT2D eigenvalue weighted by Gasteiger charge is -2.18. The minimum absolute atomic E-state index is 0.0461. The van der Waals surface area contributed by atoms with Crippen LogP contribution in [0.5, 0.6) is 0 Å². The molecule has 0 aromatic heterocycles. The molecule has 0 bridgehead atoms. The lowest BCUT2D eigenvalue weighted by molar-refractivity contribution is 0.102. The number of carbonyl (C=O) groups excluding carboxylic acids is 1. The van der Waals surface area contributed by atoms with Crippen molar-refractivity contribution in [1.82, 2.24) is 4.31 Å². The van der Waals surface area contributed by atoms with Gasteiger partial charge in [0.05, 0.1) is 4.90 Å². The van der Waals surface area contributed by atoms with Gasteiger partial charge in [0, 0.05) is 18.7 Å². The van der Waals surface area contributed by atoms with Crippen LogP contribution in [0.2, 0.25) is 0 Å². The van der Waals surface area contributed by atoms with Gasteiger partial charge in [-0.2, -0.15) is 4.31 Å². The first-order valence-corrected chi connectivity index (χ1v) is 9.10. The van der Waals surface area contributed by atoms with Crippen molar-refractivity contribution >= 4 is 21.6 Å². The molecule has 0 spiro atoms. The molecule has 1 N–H and O–H groups in total. The Balaban J connectivity index is 2.24. The Bertz CT molecular complexity index is 844. The minimum Gasteiger partial charge on any atom is -0.317 e. The van der Waals surface area contributed by atoms with Gasteiger partial charge in [-0.15, -0.1) is 0 Å². The number of nitrogens with one attached hydrogen (secondary N) is 1. The second-order valence-electron chi connectivity index (χ2n) is 5.16. The Hall–Kier alpha value is -2.32. The molecule has 25 heavy (non-hydrogen) atoms.